The lowest BCUT2D eigenvalue weighted by molar-refractivity contribution is 0.0264. The normalized spacial score (nSPS) is 22.2. The van der Waals surface area contributed by atoms with Crippen LogP contribution < -0.4 is 5.32 Å². The van der Waals surface area contributed by atoms with E-state index >= 15 is 0 Å². The van der Waals surface area contributed by atoms with Crippen molar-refractivity contribution in [2.24, 2.45) is 0 Å². The summed E-state index contributed by atoms with van der Waals surface area (Å²) in [5.41, 5.74) is 0.233. The van der Waals surface area contributed by atoms with Crippen LogP contribution in [-0.4, -0.2) is 46.3 Å². The summed E-state index contributed by atoms with van der Waals surface area (Å²) in [6.07, 6.45) is 2.08. The minimum absolute atomic E-state index is 0.135. The van der Waals surface area contributed by atoms with Gasteiger partial charge in [-0.2, -0.15) is 0 Å². The Bertz CT molecular complexity index is 496. The van der Waals surface area contributed by atoms with Gasteiger partial charge in [0.2, 0.25) is 0 Å². The van der Waals surface area contributed by atoms with Gasteiger partial charge in [0.1, 0.15) is 11.4 Å². The molecule has 2 rings (SSSR count). The summed E-state index contributed by atoms with van der Waals surface area (Å²) in [6.45, 7) is 6.73. The fourth-order valence-electron chi connectivity index (χ4n) is 2.18. The number of nitrogens with one attached hydrogen (secondary N) is 1. The molecule has 110 valence electrons. The zero-order chi connectivity index (χ0) is 14.8. The lowest BCUT2D eigenvalue weighted by Gasteiger charge is -2.21. The largest absolute Gasteiger partial charge is 0.386 e. The van der Waals surface area contributed by atoms with E-state index in [1.165, 1.54) is 0 Å². The van der Waals surface area contributed by atoms with Gasteiger partial charge in [0.15, 0.2) is 0 Å². The molecule has 1 aromatic rings. The second-order valence-corrected chi connectivity index (χ2v) is 5.58. The van der Waals surface area contributed by atoms with Gasteiger partial charge < -0.3 is 15.2 Å². The fourth-order valence-corrected chi connectivity index (χ4v) is 2.18. The van der Waals surface area contributed by atoms with Crippen LogP contribution in [0.2, 0.25) is 0 Å². The van der Waals surface area contributed by atoms with Gasteiger partial charge in [-0.05, 0) is 12.8 Å². The molecule has 0 spiro atoms. The number of carbonyl (C=O) groups is 1. The Morgan fingerprint density at radius 2 is 2.35 bits per heavy atom. The van der Waals surface area contributed by atoms with Crippen molar-refractivity contribution in [3.63, 3.8) is 0 Å². The predicted octanol–water partition coefficient (Wildman–Crippen LogP) is 0.790. The van der Waals surface area contributed by atoms with Crippen LogP contribution in [0.15, 0.2) is 6.20 Å². The maximum absolute atomic E-state index is 12.2. The molecule has 1 aliphatic rings. The molecule has 0 bridgehead atoms. The average Bonchev–Trinajstić information content (AvgIpc) is 2.83. The van der Waals surface area contributed by atoms with E-state index in [-0.39, 0.29) is 25.0 Å². The SMILES string of the molecule is Cc1ncc(C(=O)NCC2(O)CCOC2)c(C(C)C)n1. The molecule has 2 heterocycles. The van der Waals surface area contributed by atoms with Gasteiger partial charge in [-0.1, -0.05) is 13.8 Å². The number of ether oxygens (including phenoxy) is 1. The molecule has 1 aromatic heterocycles. The van der Waals surface area contributed by atoms with E-state index in [0.29, 0.717) is 24.4 Å². The number of carbonyl (C=O) groups excluding carboxylic acids is 1. The summed E-state index contributed by atoms with van der Waals surface area (Å²) in [6, 6.07) is 0. The summed E-state index contributed by atoms with van der Waals surface area (Å²) in [7, 11) is 0. The van der Waals surface area contributed by atoms with Crippen molar-refractivity contribution >= 4 is 5.91 Å². The highest BCUT2D eigenvalue weighted by Crippen LogP contribution is 2.19. The summed E-state index contributed by atoms with van der Waals surface area (Å²) < 4.78 is 5.15. The van der Waals surface area contributed by atoms with Gasteiger partial charge in [-0.3, -0.25) is 4.79 Å². The van der Waals surface area contributed by atoms with Crippen LogP contribution in [0.3, 0.4) is 0 Å². The minimum Gasteiger partial charge on any atom is -0.386 e. The van der Waals surface area contributed by atoms with E-state index < -0.39 is 5.60 Å². The fraction of sp³-hybridized carbons (Fsp3) is 0.643. The number of rotatable bonds is 4. The lowest BCUT2D eigenvalue weighted by atomic mass is 10.0. The highest BCUT2D eigenvalue weighted by molar-refractivity contribution is 5.95. The highest BCUT2D eigenvalue weighted by Gasteiger charge is 2.32. The highest BCUT2D eigenvalue weighted by atomic mass is 16.5. The van der Waals surface area contributed by atoms with Gasteiger partial charge in [-0.25, -0.2) is 9.97 Å². The summed E-state index contributed by atoms with van der Waals surface area (Å²) in [5.74, 6) is 0.525. The molecule has 1 fully saturated rings. The summed E-state index contributed by atoms with van der Waals surface area (Å²) in [5, 5.41) is 12.9. The molecule has 0 saturated carbocycles. The van der Waals surface area contributed by atoms with Crippen LogP contribution >= 0.6 is 0 Å². The molecule has 1 amide bonds. The number of amides is 1. The third kappa shape index (κ3) is 3.32. The Balaban J connectivity index is 2.09. The number of hydrogen-bond acceptors (Lipinski definition) is 5. The molecule has 0 aliphatic carbocycles. The predicted molar refractivity (Wildman–Crippen MR) is 73.6 cm³/mol. The first-order valence-electron chi connectivity index (χ1n) is 6.83. The zero-order valence-corrected chi connectivity index (χ0v) is 12.1. The first-order valence-corrected chi connectivity index (χ1v) is 6.83. The molecule has 1 aliphatic heterocycles. The van der Waals surface area contributed by atoms with Crippen LogP contribution in [0.5, 0.6) is 0 Å². The van der Waals surface area contributed by atoms with E-state index in [1.54, 1.807) is 13.1 Å². The molecular formula is C14H21N3O3. The molecule has 6 heteroatoms. The second-order valence-electron chi connectivity index (χ2n) is 5.58. The minimum atomic E-state index is -0.959. The standard InChI is InChI=1S/C14H21N3O3/c1-9(2)12-11(6-15-10(3)17-12)13(18)16-7-14(19)4-5-20-8-14/h6,9,19H,4-5,7-8H2,1-3H3,(H,16,18). The van der Waals surface area contributed by atoms with E-state index in [1.807, 2.05) is 13.8 Å². The summed E-state index contributed by atoms with van der Waals surface area (Å²) >= 11 is 0. The van der Waals surface area contributed by atoms with E-state index in [9.17, 15) is 9.90 Å². The molecule has 1 atom stereocenters. The van der Waals surface area contributed by atoms with Crippen molar-refractivity contribution in [1.29, 1.82) is 0 Å². The Labute approximate surface area is 118 Å². The van der Waals surface area contributed by atoms with E-state index in [2.05, 4.69) is 15.3 Å². The van der Waals surface area contributed by atoms with Crippen molar-refractivity contribution in [3.05, 3.63) is 23.3 Å². The average molecular weight is 279 g/mol. The van der Waals surface area contributed by atoms with Crippen molar-refractivity contribution in [1.82, 2.24) is 15.3 Å². The Morgan fingerprint density at radius 3 is 2.95 bits per heavy atom. The van der Waals surface area contributed by atoms with Gasteiger partial charge in [0, 0.05) is 25.8 Å². The van der Waals surface area contributed by atoms with Gasteiger partial charge >= 0.3 is 0 Å². The molecule has 1 saturated heterocycles. The van der Waals surface area contributed by atoms with Gasteiger partial charge in [-0.15, -0.1) is 0 Å². The van der Waals surface area contributed by atoms with Crippen molar-refractivity contribution in [2.45, 2.75) is 38.7 Å². The molecule has 0 aromatic carbocycles. The smallest absolute Gasteiger partial charge is 0.254 e. The zero-order valence-electron chi connectivity index (χ0n) is 12.1. The van der Waals surface area contributed by atoms with E-state index in [0.717, 1.165) is 5.69 Å². The Hall–Kier alpha value is -1.53. The van der Waals surface area contributed by atoms with Crippen molar-refractivity contribution in [2.75, 3.05) is 19.8 Å². The monoisotopic (exact) mass is 279 g/mol. The third-order valence-electron chi connectivity index (χ3n) is 3.39. The molecule has 6 nitrogen and oxygen atoms in total. The number of hydrogen-bond donors (Lipinski definition) is 2. The Morgan fingerprint density at radius 1 is 1.60 bits per heavy atom. The number of aliphatic hydroxyl groups is 1. The third-order valence-corrected chi connectivity index (χ3v) is 3.39. The molecular weight excluding hydrogens is 258 g/mol. The van der Waals surface area contributed by atoms with Crippen LogP contribution in [0.1, 0.15) is 48.1 Å². The van der Waals surface area contributed by atoms with Crippen LogP contribution in [-0.2, 0) is 4.74 Å². The maximum atomic E-state index is 12.2. The van der Waals surface area contributed by atoms with Crippen LogP contribution in [0.25, 0.3) is 0 Å². The maximum Gasteiger partial charge on any atom is 0.254 e. The first-order chi connectivity index (χ1) is 9.41. The van der Waals surface area contributed by atoms with Crippen molar-refractivity contribution < 1.29 is 14.6 Å². The molecule has 2 N–H and O–H groups in total. The van der Waals surface area contributed by atoms with Crippen LogP contribution in [0, 0.1) is 6.92 Å². The summed E-state index contributed by atoms with van der Waals surface area (Å²) in [4.78, 5) is 20.7. The molecule has 0 radical (unpaired) electrons. The Kier molecular flexibility index (Phi) is 4.35. The van der Waals surface area contributed by atoms with Crippen molar-refractivity contribution in [3.8, 4) is 0 Å². The topological polar surface area (TPSA) is 84.3 Å². The first kappa shape index (κ1) is 14.9. The van der Waals surface area contributed by atoms with Gasteiger partial charge in [0.25, 0.3) is 5.91 Å². The number of aryl methyl sites for hydroxylation is 1. The number of nitrogens with zero attached hydrogens (tertiary/aromatic N) is 2. The molecule has 1 unspecified atom stereocenters. The van der Waals surface area contributed by atoms with E-state index in [4.69, 9.17) is 4.74 Å². The quantitative estimate of drug-likeness (QED) is 0.851. The van der Waals surface area contributed by atoms with Crippen LogP contribution in [0.4, 0.5) is 0 Å². The number of aromatic nitrogens is 2. The lowest BCUT2D eigenvalue weighted by Crippen LogP contribution is -2.43. The second kappa shape index (κ2) is 5.85. The van der Waals surface area contributed by atoms with Gasteiger partial charge in [0.05, 0.1) is 17.9 Å². The molecule has 20 heavy (non-hydrogen) atoms.